The minimum Gasteiger partial charge on any atom is -0.396 e. The van der Waals surface area contributed by atoms with Gasteiger partial charge in [0.1, 0.15) is 6.04 Å². The molecule has 0 heterocycles. The van der Waals surface area contributed by atoms with Gasteiger partial charge in [-0.3, -0.25) is 4.79 Å². The van der Waals surface area contributed by atoms with Crippen LogP contribution in [0.25, 0.3) is 0 Å². The Bertz CT molecular complexity index is 282. The zero-order valence-corrected chi connectivity index (χ0v) is 12.1. The van der Waals surface area contributed by atoms with E-state index >= 15 is 0 Å². The number of aliphatic hydroxyl groups excluding tert-OH is 1. The maximum atomic E-state index is 11.9. The minimum absolute atomic E-state index is 0.160. The van der Waals surface area contributed by atoms with Crippen molar-refractivity contribution in [3.63, 3.8) is 0 Å². The van der Waals surface area contributed by atoms with E-state index in [-0.39, 0.29) is 24.3 Å². The number of primary amides is 1. The van der Waals surface area contributed by atoms with Crippen LogP contribution in [0.1, 0.15) is 40.0 Å². The van der Waals surface area contributed by atoms with Gasteiger partial charge in [-0.1, -0.05) is 20.8 Å². The molecular formula is C13H27N3O3. The summed E-state index contributed by atoms with van der Waals surface area (Å²) in [5.74, 6) is 0.327. The van der Waals surface area contributed by atoms with E-state index in [4.69, 9.17) is 10.8 Å². The molecule has 0 aliphatic heterocycles. The predicted molar refractivity (Wildman–Crippen MR) is 74.5 cm³/mol. The van der Waals surface area contributed by atoms with Gasteiger partial charge >= 0.3 is 6.03 Å². The van der Waals surface area contributed by atoms with Gasteiger partial charge in [-0.05, 0) is 31.1 Å². The fourth-order valence-corrected chi connectivity index (χ4v) is 1.75. The lowest BCUT2D eigenvalue weighted by Gasteiger charge is -2.19. The first kappa shape index (κ1) is 17.7. The molecule has 2 atom stereocenters. The molecule has 0 aliphatic rings. The summed E-state index contributed by atoms with van der Waals surface area (Å²) >= 11 is 0. The van der Waals surface area contributed by atoms with E-state index in [9.17, 15) is 9.59 Å². The molecule has 0 aromatic heterocycles. The summed E-state index contributed by atoms with van der Waals surface area (Å²) in [4.78, 5) is 22.8. The number of hydrogen-bond acceptors (Lipinski definition) is 3. The monoisotopic (exact) mass is 273 g/mol. The molecule has 0 spiro atoms. The number of urea groups is 1. The second-order valence-electron chi connectivity index (χ2n) is 5.41. The Morgan fingerprint density at radius 3 is 2.37 bits per heavy atom. The first-order chi connectivity index (χ1) is 8.86. The molecule has 2 unspecified atom stereocenters. The van der Waals surface area contributed by atoms with E-state index in [0.29, 0.717) is 13.0 Å². The molecule has 19 heavy (non-hydrogen) atoms. The molecule has 0 aromatic rings. The van der Waals surface area contributed by atoms with Gasteiger partial charge in [0.25, 0.3) is 0 Å². The quantitative estimate of drug-likeness (QED) is 0.462. The van der Waals surface area contributed by atoms with Crippen LogP contribution in [0.15, 0.2) is 0 Å². The highest BCUT2D eigenvalue weighted by Crippen LogP contribution is 2.06. The molecule has 0 rings (SSSR count). The Labute approximate surface area is 115 Å². The van der Waals surface area contributed by atoms with Crippen LogP contribution >= 0.6 is 0 Å². The molecule has 6 heteroatoms. The number of carbonyl (C=O) groups excluding carboxylic acids is 2. The third-order valence-electron chi connectivity index (χ3n) is 2.82. The summed E-state index contributed by atoms with van der Waals surface area (Å²) in [5.41, 5.74) is 5.06. The van der Waals surface area contributed by atoms with Crippen LogP contribution in [0.4, 0.5) is 4.79 Å². The Morgan fingerprint density at radius 1 is 1.26 bits per heavy atom. The lowest BCUT2D eigenvalue weighted by atomic mass is 10.0. The predicted octanol–water partition coefficient (Wildman–Crippen LogP) is 0.594. The highest BCUT2D eigenvalue weighted by molar-refractivity contribution is 5.86. The van der Waals surface area contributed by atoms with Gasteiger partial charge in [-0.25, -0.2) is 4.79 Å². The number of rotatable bonds is 9. The topological polar surface area (TPSA) is 104 Å². The molecule has 0 saturated carbocycles. The number of aliphatic hydroxyl groups is 1. The second kappa shape index (κ2) is 9.61. The fourth-order valence-electron chi connectivity index (χ4n) is 1.75. The normalized spacial score (nSPS) is 13.9. The lowest BCUT2D eigenvalue weighted by molar-refractivity contribution is -0.123. The zero-order valence-electron chi connectivity index (χ0n) is 12.1. The molecule has 6 nitrogen and oxygen atoms in total. The first-order valence-corrected chi connectivity index (χ1v) is 6.81. The van der Waals surface area contributed by atoms with E-state index in [0.717, 1.165) is 12.8 Å². The zero-order chi connectivity index (χ0) is 14.8. The van der Waals surface area contributed by atoms with Crippen LogP contribution in [0.5, 0.6) is 0 Å². The molecule has 0 bridgehead atoms. The van der Waals surface area contributed by atoms with E-state index in [1.807, 2.05) is 20.8 Å². The van der Waals surface area contributed by atoms with Crippen molar-refractivity contribution in [3.05, 3.63) is 0 Å². The van der Waals surface area contributed by atoms with E-state index < -0.39 is 12.1 Å². The van der Waals surface area contributed by atoms with Crippen LogP contribution < -0.4 is 16.4 Å². The van der Waals surface area contributed by atoms with Gasteiger partial charge in [0.15, 0.2) is 0 Å². The van der Waals surface area contributed by atoms with E-state index in [1.54, 1.807) is 0 Å². The van der Waals surface area contributed by atoms with Gasteiger partial charge in [0, 0.05) is 13.2 Å². The molecule has 3 amide bonds. The standard InChI is InChI=1S/C13H27N3O3/c1-9(2)7-11(16-13(14)19)12(18)15-6-4-5-10(3)8-17/h9-11,17H,4-8H2,1-3H3,(H,15,18)(H3,14,16,19). The van der Waals surface area contributed by atoms with Crippen LogP contribution in [0, 0.1) is 11.8 Å². The van der Waals surface area contributed by atoms with Crippen molar-refractivity contribution in [3.8, 4) is 0 Å². The van der Waals surface area contributed by atoms with Crippen molar-refractivity contribution < 1.29 is 14.7 Å². The largest absolute Gasteiger partial charge is 0.396 e. The Balaban J connectivity index is 4.06. The van der Waals surface area contributed by atoms with Gasteiger partial charge in [-0.2, -0.15) is 0 Å². The van der Waals surface area contributed by atoms with Crippen molar-refractivity contribution >= 4 is 11.9 Å². The maximum Gasteiger partial charge on any atom is 0.312 e. The number of hydrogen-bond donors (Lipinski definition) is 4. The van der Waals surface area contributed by atoms with Gasteiger partial charge < -0.3 is 21.5 Å². The Morgan fingerprint density at radius 2 is 1.89 bits per heavy atom. The summed E-state index contributed by atoms with van der Waals surface area (Å²) in [6.45, 7) is 6.61. The summed E-state index contributed by atoms with van der Waals surface area (Å²) in [5, 5.41) is 14.1. The molecule has 0 fully saturated rings. The van der Waals surface area contributed by atoms with Crippen LogP contribution in [0.3, 0.4) is 0 Å². The van der Waals surface area contributed by atoms with Crippen molar-refractivity contribution in [1.82, 2.24) is 10.6 Å². The van der Waals surface area contributed by atoms with Crippen LogP contribution in [0.2, 0.25) is 0 Å². The fraction of sp³-hybridized carbons (Fsp3) is 0.846. The molecular weight excluding hydrogens is 246 g/mol. The Hall–Kier alpha value is -1.30. The van der Waals surface area contributed by atoms with Crippen molar-refractivity contribution in [2.24, 2.45) is 17.6 Å². The summed E-state index contributed by atoms with van der Waals surface area (Å²) in [6.07, 6.45) is 2.22. The number of carbonyl (C=O) groups is 2. The van der Waals surface area contributed by atoms with E-state index in [1.165, 1.54) is 0 Å². The minimum atomic E-state index is -0.685. The van der Waals surface area contributed by atoms with Gasteiger partial charge in [-0.15, -0.1) is 0 Å². The van der Waals surface area contributed by atoms with Crippen LogP contribution in [-0.4, -0.2) is 36.2 Å². The highest BCUT2D eigenvalue weighted by atomic mass is 16.3. The molecule has 112 valence electrons. The summed E-state index contributed by atoms with van der Waals surface area (Å²) in [7, 11) is 0. The maximum absolute atomic E-state index is 11.9. The third-order valence-corrected chi connectivity index (χ3v) is 2.82. The van der Waals surface area contributed by atoms with Crippen LogP contribution in [-0.2, 0) is 4.79 Å². The third kappa shape index (κ3) is 9.30. The average molecular weight is 273 g/mol. The molecule has 0 radical (unpaired) electrons. The SMILES string of the molecule is CC(C)CC(NC(N)=O)C(=O)NCCCC(C)CO. The summed E-state index contributed by atoms with van der Waals surface area (Å²) in [6, 6.07) is -1.26. The average Bonchev–Trinajstić information content (AvgIpc) is 2.31. The molecule has 5 N–H and O–H groups in total. The highest BCUT2D eigenvalue weighted by Gasteiger charge is 2.20. The van der Waals surface area contributed by atoms with Gasteiger partial charge in [0.2, 0.25) is 5.91 Å². The van der Waals surface area contributed by atoms with E-state index in [2.05, 4.69) is 10.6 Å². The Kier molecular flexibility index (Phi) is 8.95. The van der Waals surface area contributed by atoms with Crippen molar-refractivity contribution in [2.75, 3.05) is 13.2 Å². The number of nitrogens with two attached hydrogens (primary N) is 1. The lowest BCUT2D eigenvalue weighted by Crippen LogP contribution is -2.49. The number of nitrogens with one attached hydrogen (secondary N) is 2. The molecule has 0 aliphatic carbocycles. The first-order valence-electron chi connectivity index (χ1n) is 6.81. The second-order valence-corrected chi connectivity index (χ2v) is 5.41. The molecule has 0 saturated heterocycles. The molecule has 0 aromatic carbocycles. The van der Waals surface area contributed by atoms with Crippen molar-refractivity contribution in [1.29, 1.82) is 0 Å². The summed E-state index contributed by atoms with van der Waals surface area (Å²) < 4.78 is 0. The van der Waals surface area contributed by atoms with Crippen molar-refractivity contribution in [2.45, 2.75) is 46.1 Å². The smallest absolute Gasteiger partial charge is 0.312 e. The van der Waals surface area contributed by atoms with Gasteiger partial charge in [0.05, 0.1) is 0 Å². The number of amides is 3.